The Hall–Kier alpha value is -1.61. The van der Waals surface area contributed by atoms with Crippen molar-refractivity contribution in [3.8, 4) is 0 Å². The molecule has 1 amide bonds. The van der Waals surface area contributed by atoms with Crippen molar-refractivity contribution in [2.45, 2.75) is 13.0 Å². The Bertz CT molecular complexity index is 609. The number of hydrogen-bond acceptors (Lipinski definition) is 2. The number of rotatable bonds is 3. The summed E-state index contributed by atoms with van der Waals surface area (Å²) in [4.78, 5) is 18.2. The number of likely N-dealkylation sites (tertiary alicyclic amines) is 1. The van der Waals surface area contributed by atoms with Crippen LogP contribution in [0.15, 0.2) is 36.5 Å². The summed E-state index contributed by atoms with van der Waals surface area (Å²) in [6, 6.07) is 10.1. The quantitative estimate of drug-likeness (QED) is 0.807. The van der Waals surface area contributed by atoms with Crippen LogP contribution in [0.25, 0.3) is 10.8 Å². The molecule has 2 aromatic rings. The summed E-state index contributed by atoms with van der Waals surface area (Å²) < 4.78 is 0. The number of hydrogen-bond donors (Lipinski definition) is 0. The van der Waals surface area contributed by atoms with Crippen molar-refractivity contribution in [1.29, 1.82) is 0 Å². The Labute approximate surface area is 117 Å². The first-order valence-electron chi connectivity index (χ1n) is 6.44. The standard InChI is InChI=1S/C15H15ClN2O/c16-8-11-7-15(19)18(9-11)10-14-13-4-2-1-3-12(13)5-6-17-14/h1-6,11H,7-10H2. The van der Waals surface area contributed by atoms with Crippen LogP contribution < -0.4 is 0 Å². The third-order valence-corrected chi connectivity index (χ3v) is 4.05. The van der Waals surface area contributed by atoms with E-state index in [9.17, 15) is 4.79 Å². The Kier molecular flexibility index (Phi) is 3.38. The molecule has 1 aliphatic rings. The molecule has 3 nitrogen and oxygen atoms in total. The third-order valence-electron chi connectivity index (χ3n) is 3.61. The number of amides is 1. The molecule has 2 heterocycles. The van der Waals surface area contributed by atoms with Crippen LogP contribution in [0.3, 0.4) is 0 Å². The van der Waals surface area contributed by atoms with E-state index in [4.69, 9.17) is 11.6 Å². The van der Waals surface area contributed by atoms with Crippen LogP contribution in [0, 0.1) is 5.92 Å². The number of benzene rings is 1. The SMILES string of the molecule is O=C1CC(CCl)CN1Cc1nccc2ccccc12. The van der Waals surface area contributed by atoms with Crippen LogP contribution in [-0.2, 0) is 11.3 Å². The van der Waals surface area contributed by atoms with Gasteiger partial charge in [-0.05, 0) is 17.4 Å². The molecule has 1 aromatic heterocycles. The minimum atomic E-state index is 0.181. The maximum absolute atomic E-state index is 11.9. The van der Waals surface area contributed by atoms with E-state index >= 15 is 0 Å². The lowest BCUT2D eigenvalue weighted by atomic mass is 10.1. The van der Waals surface area contributed by atoms with Gasteiger partial charge in [-0.2, -0.15) is 0 Å². The molecular weight excluding hydrogens is 260 g/mol. The first-order valence-corrected chi connectivity index (χ1v) is 6.97. The second-order valence-electron chi connectivity index (χ2n) is 4.98. The van der Waals surface area contributed by atoms with Crippen LogP contribution in [-0.4, -0.2) is 28.2 Å². The number of aromatic nitrogens is 1. The van der Waals surface area contributed by atoms with Crippen LogP contribution in [0.1, 0.15) is 12.1 Å². The van der Waals surface area contributed by atoms with Gasteiger partial charge in [-0.15, -0.1) is 11.6 Å². The van der Waals surface area contributed by atoms with Crippen molar-refractivity contribution in [3.05, 3.63) is 42.2 Å². The van der Waals surface area contributed by atoms with Crippen LogP contribution in [0.2, 0.25) is 0 Å². The van der Waals surface area contributed by atoms with Crippen molar-refractivity contribution in [3.63, 3.8) is 0 Å². The molecule has 19 heavy (non-hydrogen) atoms. The molecule has 1 fully saturated rings. The van der Waals surface area contributed by atoms with Gasteiger partial charge in [-0.3, -0.25) is 9.78 Å². The van der Waals surface area contributed by atoms with Gasteiger partial charge < -0.3 is 4.90 Å². The second-order valence-corrected chi connectivity index (χ2v) is 5.29. The first-order chi connectivity index (χ1) is 9.28. The maximum atomic E-state index is 11.9. The molecule has 1 saturated heterocycles. The van der Waals surface area contributed by atoms with Gasteiger partial charge in [-0.1, -0.05) is 24.3 Å². The number of fused-ring (bicyclic) bond motifs is 1. The number of pyridine rings is 1. The van der Waals surface area contributed by atoms with Crippen molar-refractivity contribution >= 4 is 28.3 Å². The number of alkyl halides is 1. The number of carbonyl (C=O) groups is 1. The largest absolute Gasteiger partial charge is 0.336 e. The lowest BCUT2D eigenvalue weighted by Gasteiger charge is -2.16. The highest BCUT2D eigenvalue weighted by Gasteiger charge is 2.29. The molecule has 4 heteroatoms. The zero-order chi connectivity index (χ0) is 13.2. The van der Waals surface area contributed by atoms with Gasteiger partial charge in [0.05, 0.1) is 12.2 Å². The number of carbonyl (C=O) groups excluding carboxylic acids is 1. The Morgan fingerprint density at radius 2 is 2.16 bits per heavy atom. The Morgan fingerprint density at radius 3 is 2.95 bits per heavy atom. The highest BCUT2D eigenvalue weighted by atomic mass is 35.5. The van der Waals surface area contributed by atoms with Gasteiger partial charge in [0.1, 0.15) is 0 Å². The molecule has 0 radical (unpaired) electrons. The molecule has 98 valence electrons. The molecule has 0 aliphatic carbocycles. The lowest BCUT2D eigenvalue weighted by molar-refractivity contribution is -0.128. The summed E-state index contributed by atoms with van der Waals surface area (Å²) in [5, 5.41) is 2.28. The summed E-state index contributed by atoms with van der Waals surface area (Å²) in [6.45, 7) is 1.32. The van der Waals surface area contributed by atoms with E-state index in [0.717, 1.165) is 23.0 Å². The molecule has 1 atom stereocenters. The van der Waals surface area contributed by atoms with Gasteiger partial charge in [0.2, 0.25) is 5.91 Å². The average Bonchev–Trinajstić information content (AvgIpc) is 2.80. The third kappa shape index (κ3) is 2.43. The maximum Gasteiger partial charge on any atom is 0.223 e. The fourth-order valence-corrected chi connectivity index (χ4v) is 2.81. The van der Waals surface area contributed by atoms with E-state index in [2.05, 4.69) is 17.1 Å². The number of nitrogens with zero attached hydrogens (tertiary/aromatic N) is 2. The fraction of sp³-hybridized carbons (Fsp3) is 0.333. The topological polar surface area (TPSA) is 33.2 Å². The smallest absolute Gasteiger partial charge is 0.223 e. The lowest BCUT2D eigenvalue weighted by Crippen LogP contribution is -2.25. The molecule has 0 N–H and O–H groups in total. The zero-order valence-corrected chi connectivity index (χ0v) is 11.3. The van der Waals surface area contributed by atoms with E-state index < -0.39 is 0 Å². The van der Waals surface area contributed by atoms with Crippen molar-refractivity contribution in [1.82, 2.24) is 9.88 Å². The summed E-state index contributed by atoms with van der Waals surface area (Å²) in [6.07, 6.45) is 2.37. The first kappa shape index (κ1) is 12.4. The predicted octanol–water partition coefficient (Wildman–Crippen LogP) is 2.82. The summed E-state index contributed by atoms with van der Waals surface area (Å²) in [5.74, 6) is 1.01. The van der Waals surface area contributed by atoms with Crippen LogP contribution in [0.4, 0.5) is 0 Å². The molecule has 0 saturated carbocycles. The Morgan fingerprint density at radius 1 is 1.32 bits per heavy atom. The Balaban J connectivity index is 1.88. The monoisotopic (exact) mass is 274 g/mol. The molecule has 0 spiro atoms. The molecule has 1 unspecified atom stereocenters. The summed E-state index contributed by atoms with van der Waals surface area (Å²) >= 11 is 5.84. The highest BCUT2D eigenvalue weighted by molar-refractivity contribution is 6.18. The molecule has 1 aromatic carbocycles. The van der Waals surface area contributed by atoms with Gasteiger partial charge in [0, 0.05) is 30.4 Å². The van der Waals surface area contributed by atoms with E-state index in [0.29, 0.717) is 18.8 Å². The fourth-order valence-electron chi connectivity index (χ4n) is 2.60. The minimum absolute atomic E-state index is 0.181. The average molecular weight is 275 g/mol. The second kappa shape index (κ2) is 5.17. The van der Waals surface area contributed by atoms with E-state index in [1.807, 2.05) is 23.1 Å². The van der Waals surface area contributed by atoms with Crippen LogP contribution >= 0.6 is 11.6 Å². The summed E-state index contributed by atoms with van der Waals surface area (Å²) in [5.41, 5.74) is 0.960. The molecule has 1 aliphatic heterocycles. The zero-order valence-electron chi connectivity index (χ0n) is 10.6. The van der Waals surface area contributed by atoms with Gasteiger partial charge in [0.25, 0.3) is 0 Å². The van der Waals surface area contributed by atoms with Crippen molar-refractivity contribution in [2.24, 2.45) is 5.92 Å². The highest BCUT2D eigenvalue weighted by Crippen LogP contribution is 2.23. The van der Waals surface area contributed by atoms with Crippen LogP contribution in [0.5, 0.6) is 0 Å². The number of halogens is 1. The van der Waals surface area contributed by atoms with Crippen molar-refractivity contribution in [2.75, 3.05) is 12.4 Å². The van der Waals surface area contributed by atoms with Crippen molar-refractivity contribution < 1.29 is 4.79 Å². The van der Waals surface area contributed by atoms with E-state index in [1.165, 1.54) is 0 Å². The molecular formula is C15H15ClN2O. The minimum Gasteiger partial charge on any atom is -0.336 e. The van der Waals surface area contributed by atoms with Gasteiger partial charge in [-0.25, -0.2) is 0 Å². The normalized spacial score (nSPS) is 19.3. The molecule has 0 bridgehead atoms. The van der Waals surface area contributed by atoms with Gasteiger partial charge in [0.15, 0.2) is 0 Å². The summed E-state index contributed by atoms with van der Waals surface area (Å²) in [7, 11) is 0. The predicted molar refractivity (Wildman–Crippen MR) is 76.0 cm³/mol. The van der Waals surface area contributed by atoms with Gasteiger partial charge >= 0.3 is 0 Å². The molecule has 3 rings (SSSR count). The van der Waals surface area contributed by atoms with E-state index in [1.54, 1.807) is 6.20 Å². The van der Waals surface area contributed by atoms with E-state index in [-0.39, 0.29) is 11.8 Å².